The molecule has 0 atom stereocenters. The van der Waals surface area contributed by atoms with Crippen LogP contribution < -0.4 is 4.74 Å². The summed E-state index contributed by atoms with van der Waals surface area (Å²) in [6.07, 6.45) is 2.60. The largest absolute Gasteiger partial charge is 0.481 e. The number of esters is 1. The Morgan fingerprint density at radius 3 is 2.28 bits per heavy atom. The van der Waals surface area contributed by atoms with Crippen molar-refractivity contribution in [1.29, 1.82) is 0 Å². The fourth-order valence-electron chi connectivity index (χ4n) is 3.56. The minimum atomic E-state index is -1.03. The molecule has 3 rings (SSSR count). The van der Waals surface area contributed by atoms with Crippen LogP contribution in [0.15, 0.2) is 41.3 Å². The summed E-state index contributed by atoms with van der Waals surface area (Å²) in [5.41, 5.74) is 1.64. The molecule has 168 valence electrons. The summed E-state index contributed by atoms with van der Waals surface area (Å²) in [5, 5.41) is 10.7. The normalized spacial score (nSPS) is 13.9. The maximum Gasteiger partial charge on any atom is 0.345 e. The highest BCUT2D eigenvalue weighted by molar-refractivity contribution is 7.97. The van der Waals surface area contributed by atoms with Crippen molar-refractivity contribution in [3.05, 3.63) is 63.2 Å². The first-order valence-electron chi connectivity index (χ1n) is 10.6. The summed E-state index contributed by atoms with van der Waals surface area (Å²) < 4.78 is 11.3. The predicted molar refractivity (Wildman–Crippen MR) is 126 cm³/mol. The summed E-state index contributed by atoms with van der Waals surface area (Å²) in [7, 11) is 0.337. The smallest absolute Gasteiger partial charge is 0.345 e. The molecule has 0 spiro atoms. The van der Waals surface area contributed by atoms with E-state index in [1.807, 2.05) is 13.8 Å². The molecule has 6 nitrogen and oxygen atoms in total. The Morgan fingerprint density at radius 1 is 1.12 bits per heavy atom. The Kier molecular flexibility index (Phi) is 7.47. The van der Waals surface area contributed by atoms with Crippen molar-refractivity contribution in [1.82, 2.24) is 0 Å². The van der Waals surface area contributed by atoms with Gasteiger partial charge in [-0.25, -0.2) is 4.79 Å². The lowest BCUT2D eigenvalue weighted by atomic mass is 10.1. The van der Waals surface area contributed by atoms with Gasteiger partial charge in [0.1, 0.15) is 17.3 Å². The van der Waals surface area contributed by atoms with Gasteiger partial charge in [0.25, 0.3) is 5.69 Å². The van der Waals surface area contributed by atoms with Gasteiger partial charge in [-0.3, -0.25) is 10.1 Å². The van der Waals surface area contributed by atoms with E-state index in [0.717, 1.165) is 16.9 Å². The molecule has 1 fully saturated rings. The van der Waals surface area contributed by atoms with Crippen molar-refractivity contribution in [3.8, 4) is 17.6 Å². The standard InChI is InChI=1S/C25H28NO5S/c1-18-15-22(32-13-5-6-14-32)16-19(2)24(18)30-17-23(27)31-25(3,4)12-11-20-7-9-21(10-8-20)26(28)29/h7-10,15-16H,5-6,13-14,17H2,1-4H3/q+1. The quantitative estimate of drug-likeness (QED) is 0.207. The highest BCUT2D eigenvalue weighted by Crippen LogP contribution is 2.31. The zero-order valence-electron chi connectivity index (χ0n) is 18.9. The number of ether oxygens (including phenoxy) is 2. The molecule has 2 aromatic carbocycles. The first kappa shape index (κ1) is 23.7. The summed E-state index contributed by atoms with van der Waals surface area (Å²) in [6, 6.07) is 10.3. The van der Waals surface area contributed by atoms with Crippen molar-refractivity contribution in [2.45, 2.75) is 51.0 Å². The van der Waals surface area contributed by atoms with Crippen LogP contribution in [0.2, 0.25) is 0 Å². The minimum Gasteiger partial charge on any atom is -0.481 e. The second-order valence-corrected chi connectivity index (χ2v) is 10.6. The zero-order valence-corrected chi connectivity index (χ0v) is 19.7. The summed E-state index contributed by atoms with van der Waals surface area (Å²) in [5.74, 6) is 8.54. The van der Waals surface area contributed by atoms with E-state index in [0.29, 0.717) is 16.5 Å². The van der Waals surface area contributed by atoms with E-state index < -0.39 is 16.5 Å². The molecule has 0 aliphatic carbocycles. The lowest BCUT2D eigenvalue weighted by Crippen LogP contribution is -2.29. The number of carbonyl (C=O) groups is 1. The van der Waals surface area contributed by atoms with Crippen molar-refractivity contribution < 1.29 is 19.2 Å². The second-order valence-electron chi connectivity index (χ2n) is 8.32. The number of hydrogen-bond donors (Lipinski definition) is 0. The maximum absolute atomic E-state index is 12.4. The number of benzene rings is 2. The lowest BCUT2D eigenvalue weighted by molar-refractivity contribution is -0.384. The van der Waals surface area contributed by atoms with Crippen LogP contribution in [0.4, 0.5) is 5.69 Å². The fraction of sp³-hybridized carbons (Fsp3) is 0.400. The number of nitrogens with zero attached hydrogens (tertiary/aromatic N) is 1. The van der Waals surface area contributed by atoms with E-state index in [4.69, 9.17) is 9.47 Å². The van der Waals surface area contributed by atoms with Gasteiger partial charge < -0.3 is 9.47 Å². The topological polar surface area (TPSA) is 78.7 Å². The van der Waals surface area contributed by atoms with Crippen LogP contribution in [0.3, 0.4) is 0 Å². The lowest BCUT2D eigenvalue weighted by Gasteiger charge is -2.19. The SMILES string of the molecule is Cc1cc([S+]2CCCC2)cc(C)c1OCC(=O)OC(C)(C)C#Cc1ccc([N+](=O)[O-])cc1. The third kappa shape index (κ3) is 6.27. The van der Waals surface area contributed by atoms with Crippen molar-refractivity contribution in [3.63, 3.8) is 0 Å². The van der Waals surface area contributed by atoms with Gasteiger partial charge in [-0.2, -0.15) is 0 Å². The molecule has 7 heteroatoms. The molecule has 0 N–H and O–H groups in total. The molecule has 1 aliphatic heterocycles. The highest BCUT2D eigenvalue weighted by Gasteiger charge is 2.28. The van der Waals surface area contributed by atoms with Crippen LogP contribution in [0.1, 0.15) is 43.4 Å². The third-order valence-electron chi connectivity index (χ3n) is 5.09. The van der Waals surface area contributed by atoms with Crippen LogP contribution >= 0.6 is 0 Å². The average molecular weight is 455 g/mol. The fourth-order valence-corrected chi connectivity index (χ4v) is 6.02. The Hall–Kier alpha value is -2.98. The Bertz CT molecular complexity index is 1040. The molecule has 0 unspecified atom stereocenters. The zero-order chi connectivity index (χ0) is 23.3. The number of rotatable bonds is 6. The van der Waals surface area contributed by atoms with E-state index >= 15 is 0 Å². The first-order chi connectivity index (χ1) is 15.1. The first-order valence-corrected chi connectivity index (χ1v) is 12.1. The molecular formula is C25H28NO5S+. The number of aryl methyl sites for hydroxylation is 2. The van der Waals surface area contributed by atoms with Crippen LogP contribution in [-0.2, 0) is 20.4 Å². The van der Waals surface area contributed by atoms with Crippen LogP contribution in [-0.4, -0.2) is 34.6 Å². The molecule has 2 aromatic rings. The molecule has 1 saturated heterocycles. The number of carbonyl (C=O) groups excluding carboxylic acids is 1. The van der Waals surface area contributed by atoms with Crippen molar-refractivity contribution in [2.75, 3.05) is 18.1 Å². The van der Waals surface area contributed by atoms with Crippen molar-refractivity contribution in [2.24, 2.45) is 0 Å². The van der Waals surface area contributed by atoms with Gasteiger partial charge in [0.2, 0.25) is 0 Å². The molecule has 0 aromatic heterocycles. The Labute approximate surface area is 191 Å². The van der Waals surface area contributed by atoms with Crippen LogP contribution in [0, 0.1) is 35.8 Å². The third-order valence-corrected chi connectivity index (χ3v) is 7.55. The molecule has 0 amide bonds. The molecule has 0 radical (unpaired) electrons. The number of non-ortho nitro benzene ring substituents is 1. The van der Waals surface area contributed by atoms with E-state index in [1.54, 1.807) is 26.0 Å². The number of nitro benzene ring substituents is 1. The molecule has 32 heavy (non-hydrogen) atoms. The minimum absolute atomic E-state index is 0.000664. The van der Waals surface area contributed by atoms with E-state index in [-0.39, 0.29) is 12.3 Å². The Morgan fingerprint density at radius 2 is 1.72 bits per heavy atom. The molecular weight excluding hydrogens is 426 g/mol. The summed E-state index contributed by atoms with van der Waals surface area (Å²) in [4.78, 5) is 24.0. The van der Waals surface area contributed by atoms with Gasteiger partial charge in [-0.05, 0) is 75.9 Å². The molecule has 1 heterocycles. The second kappa shape index (κ2) is 10.1. The number of nitro groups is 1. The molecule has 0 saturated carbocycles. The van der Waals surface area contributed by atoms with Gasteiger partial charge in [-0.1, -0.05) is 11.8 Å². The Balaban J connectivity index is 1.59. The van der Waals surface area contributed by atoms with Crippen LogP contribution in [0.25, 0.3) is 0 Å². The van der Waals surface area contributed by atoms with Gasteiger partial charge >= 0.3 is 5.97 Å². The van der Waals surface area contributed by atoms with Crippen molar-refractivity contribution >= 4 is 22.6 Å². The molecule has 0 bridgehead atoms. The van der Waals surface area contributed by atoms with E-state index in [1.165, 1.54) is 41.4 Å². The number of hydrogen-bond acceptors (Lipinski definition) is 5. The summed E-state index contributed by atoms with van der Waals surface area (Å²) >= 11 is 0. The monoisotopic (exact) mass is 454 g/mol. The highest BCUT2D eigenvalue weighted by atomic mass is 32.2. The van der Waals surface area contributed by atoms with Crippen LogP contribution in [0.5, 0.6) is 5.75 Å². The van der Waals surface area contributed by atoms with Gasteiger partial charge in [-0.15, -0.1) is 0 Å². The van der Waals surface area contributed by atoms with E-state index in [2.05, 4.69) is 24.0 Å². The molecule has 1 aliphatic rings. The average Bonchev–Trinajstić information content (AvgIpc) is 3.26. The van der Waals surface area contributed by atoms with Gasteiger partial charge in [0.05, 0.1) is 4.92 Å². The van der Waals surface area contributed by atoms with E-state index in [9.17, 15) is 14.9 Å². The maximum atomic E-state index is 12.4. The predicted octanol–water partition coefficient (Wildman–Crippen LogP) is 4.73. The summed E-state index contributed by atoms with van der Waals surface area (Å²) in [6.45, 7) is 7.20. The van der Waals surface area contributed by atoms with Gasteiger partial charge in [0, 0.05) is 28.6 Å². The van der Waals surface area contributed by atoms with Gasteiger partial charge in [0.15, 0.2) is 17.1 Å².